The molecule has 1 spiro atoms. The Bertz CT molecular complexity index is 1150. The van der Waals surface area contributed by atoms with Gasteiger partial charge in [-0.15, -0.1) is 0 Å². The maximum Gasteiger partial charge on any atom is 0.435 e. The Labute approximate surface area is 220 Å². The third kappa shape index (κ3) is 5.99. The molecule has 206 valence electrons. The van der Waals surface area contributed by atoms with Crippen LogP contribution in [0.2, 0.25) is 0 Å². The Kier molecular flexibility index (Phi) is 7.68. The number of aromatic nitrogens is 2. The van der Waals surface area contributed by atoms with Crippen molar-refractivity contribution in [2.75, 3.05) is 26.2 Å². The van der Waals surface area contributed by atoms with Crippen molar-refractivity contribution in [3.05, 3.63) is 47.3 Å². The molecule has 0 atom stereocenters. The number of carbonyl (C=O) groups is 2. The molecule has 0 radical (unpaired) electrons. The van der Waals surface area contributed by atoms with Gasteiger partial charge in [0.25, 0.3) is 0 Å². The Morgan fingerprint density at radius 1 is 1.11 bits per heavy atom. The fourth-order valence-electron chi connectivity index (χ4n) is 5.73. The molecule has 38 heavy (non-hydrogen) atoms. The number of nitrogens with one attached hydrogen (secondary N) is 1. The molecule has 1 saturated heterocycles. The predicted molar refractivity (Wildman–Crippen MR) is 135 cm³/mol. The molecule has 2 aliphatic heterocycles. The lowest BCUT2D eigenvalue weighted by molar-refractivity contribution is -0.143. The zero-order chi connectivity index (χ0) is 26.8. The van der Waals surface area contributed by atoms with Crippen LogP contribution in [0.5, 0.6) is 5.75 Å². The van der Waals surface area contributed by atoms with E-state index in [0.29, 0.717) is 44.8 Å². The van der Waals surface area contributed by atoms with Crippen LogP contribution >= 0.6 is 0 Å². The van der Waals surface area contributed by atoms with E-state index in [9.17, 15) is 22.8 Å². The van der Waals surface area contributed by atoms with Gasteiger partial charge in [-0.05, 0) is 62.6 Å². The molecule has 7 nitrogen and oxygen atoms in total. The van der Waals surface area contributed by atoms with Gasteiger partial charge in [0, 0.05) is 24.7 Å². The van der Waals surface area contributed by atoms with E-state index in [2.05, 4.69) is 16.5 Å². The van der Waals surface area contributed by atoms with Crippen LogP contribution in [0.1, 0.15) is 74.2 Å². The van der Waals surface area contributed by atoms with E-state index in [1.807, 2.05) is 18.2 Å². The molecule has 1 aliphatic carbocycles. The van der Waals surface area contributed by atoms with Crippen LogP contribution < -0.4 is 10.1 Å². The lowest BCUT2D eigenvalue weighted by atomic mass is 9.73. The highest BCUT2D eigenvalue weighted by Crippen LogP contribution is 2.42. The summed E-state index contributed by atoms with van der Waals surface area (Å²) in [6.07, 6.45) is 2.77. The van der Waals surface area contributed by atoms with Crippen LogP contribution in [0, 0.1) is 5.41 Å². The number of carbonyl (C=O) groups excluding carboxylic acids is 2. The number of hydrogen-bond acceptors (Lipinski definition) is 4. The second-order valence-corrected chi connectivity index (χ2v) is 10.8. The van der Waals surface area contributed by atoms with Gasteiger partial charge in [0.1, 0.15) is 18.9 Å². The molecule has 1 aromatic heterocycles. The second-order valence-electron chi connectivity index (χ2n) is 10.8. The zero-order valence-corrected chi connectivity index (χ0v) is 21.6. The third-order valence-electron chi connectivity index (χ3n) is 8.16. The molecular formula is C28H35F3N4O3. The maximum absolute atomic E-state index is 13.3. The molecule has 2 amide bonds. The highest BCUT2D eigenvalue weighted by atomic mass is 19.4. The zero-order valence-electron chi connectivity index (χ0n) is 21.6. The lowest BCUT2D eigenvalue weighted by Crippen LogP contribution is -2.51. The van der Waals surface area contributed by atoms with Crippen molar-refractivity contribution >= 4 is 11.8 Å². The number of nitrogens with zero attached hydrogens (tertiary/aromatic N) is 3. The van der Waals surface area contributed by atoms with Crippen LogP contribution in [0.3, 0.4) is 0 Å². The van der Waals surface area contributed by atoms with Crippen molar-refractivity contribution in [2.24, 2.45) is 5.41 Å². The minimum absolute atomic E-state index is 0.00125. The number of alkyl halides is 3. The van der Waals surface area contributed by atoms with Gasteiger partial charge in [-0.25, -0.2) is 0 Å². The van der Waals surface area contributed by atoms with Crippen molar-refractivity contribution < 1.29 is 27.5 Å². The standard InChI is InChI=1S/C28H35F3N4O3/c29-28(30,31)24-18-22(20-9-10-20)35(33-24)19-25(36)34-15-12-27(13-16-34)11-5-1-2-6-21-7-3-4-8-23(21)38-17-14-32-26(27)37/h3-4,7-8,18,20H,1-2,5-6,9-17,19H2,(H,32,37). The number of para-hydroxylation sites is 1. The predicted octanol–water partition coefficient (Wildman–Crippen LogP) is 4.70. The summed E-state index contributed by atoms with van der Waals surface area (Å²) in [5.74, 6) is 0.650. The summed E-state index contributed by atoms with van der Waals surface area (Å²) in [6, 6.07) is 9.10. The van der Waals surface area contributed by atoms with Crippen LogP contribution in [-0.4, -0.2) is 52.7 Å². The summed E-state index contributed by atoms with van der Waals surface area (Å²) in [5, 5.41) is 6.77. The first-order valence-corrected chi connectivity index (χ1v) is 13.7. The van der Waals surface area contributed by atoms with E-state index >= 15 is 0 Å². The van der Waals surface area contributed by atoms with Gasteiger partial charge in [-0.1, -0.05) is 31.0 Å². The smallest absolute Gasteiger partial charge is 0.435 e. The van der Waals surface area contributed by atoms with Crippen LogP contribution in [-0.2, 0) is 28.7 Å². The normalized spacial score (nSPS) is 20.9. The monoisotopic (exact) mass is 532 g/mol. The molecule has 0 unspecified atom stereocenters. The first-order valence-electron chi connectivity index (χ1n) is 13.7. The first-order chi connectivity index (χ1) is 18.2. The van der Waals surface area contributed by atoms with Crippen LogP contribution in [0.25, 0.3) is 0 Å². The summed E-state index contributed by atoms with van der Waals surface area (Å²) in [5.41, 5.74) is 0.172. The number of fused-ring (bicyclic) bond motifs is 1. The quantitative estimate of drug-likeness (QED) is 0.622. The summed E-state index contributed by atoms with van der Waals surface area (Å²) in [4.78, 5) is 28.1. The minimum Gasteiger partial charge on any atom is -0.491 e. The van der Waals surface area contributed by atoms with Crippen LogP contribution in [0.4, 0.5) is 13.2 Å². The Morgan fingerprint density at radius 3 is 2.61 bits per heavy atom. The molecular weight excluding hydrogens is 497 g/mol. The molecule has 2 fully saturated rings. The summed E-state index contributed by atoms with van der Waals surface area (Å²) < 4.78 is 46.9. The highest BCUT2D eigenvalue weighted by Gasteiger charge is 2.42. The topological polar surface area (TPSA) is 76.5 Å². The number of hydrogen-bond donors (Lipinski definition) is 1. The molecule has 2 aromatic rings. The van der Waals surface area contributed by atoms with Crippen molar-refractivity contribution in [3.63, 3.8) is 0 Å². The van der Waals surface area contributed by atoms with E-state index < -0.39 is 17.3 Å². The molecule has 1 N–H and O–H groups in total. The molecule has 1 saturated carbocycles. The fraction of sp³-hybridized carbons (Fsp3) is 0.607. The lowest BCUT2D eigenvalue weighted by Gasteiger charge is -2.41. The van der Waals surface area contributed by atoms with Crippen molar-refractivity contribution in [1.82, 2.24) is 20.0 Å². The Balaban J connectivity index is 1.21. The van der Waals surface area contributed by atoms with E-state index in [1.165, 1.54) is 10.2 Å². The molecule has 3 heterocycles. The SMILES string of the molecule is O=C(Cn1nc(C(F)(F)F)cc1C1CC1)N1CCC2(CCCCCc3ccccc3OCCNC2=O)CC1. The fourth-order valence-corrected chi connectivity index (χ4v) is 5.73. The second kappa shape index (κ2) is 11.0. The van der Waals surface area contributed by atoms with Gasteiger partial charge in [0.15, 0.2) is 5.69 Å². The molecule has 3 aliphatic rings. The average Bonchev–Trinajstić information content (AvgIpc) is 3.65. The Morgan fingerprint density at radius 2 is 1.87 bits per heavy atom. The van der Waals surface area contributed by atoms with Gasteiger partial charge in [0.05, 0.1) is 12.0 Å². The Hall–Kier alpha value is -3.04. The van der Waals surface area contributed by atoms with Crippen molar-refractivity contribution in [2.45, 2.75) is 76.4 Å². The van der Waals surface area contributed by atoms with Crippen molar-refractivity contribution in [1.29, 1.82) is 0 Å². The molecule has 10 heteroatoms. The molecule has 0 bridgehead atoms. The number of amides is 2. The number of likely N-dealkylation sites (tertiary alicyclic amines) is 1. The molecule has 5 rings (SSSR count). The van der Waals surface area contributed by atoms with Gasteiger partial charge in [0.2, 0.25) is 11.8 Å². The number of aryl methyl sites for hydroxylation is 1. The number of halogens is 3. The largest absolute Gasteiger partial charge is 0.491 e. The number of ether oxygens (including phenoxy) is 1. The van der Waals surface area contributed by atoms with Gasteiger partial charge in [-0.3, -0.25) is 14.3 Å². The van der Waals surface area contributed by atoms with E-state index in [-0.39, 0.29) is 24.3 Å². The maximum atomic E-state index is 13.3. The van der Waals surface area contributed by atoms with E-state index in [4.69, 9.17) is 4.74 Å². The summed E-state index contributed by atoms with van der Waals surface area (Å²) >= 11 is 0. The van der Waals surface area contributed by atoms with E-state index in [0.717, 1.165) is 56.8 Å². The summed E-state index contributed by atoms with van der Waals surface area (Å²) in [7, 11) is 0. The van der Waals surface area contributed by atoms with Gasteiger partial charge >= 0.3 is 6.18 Å². The first kappa shape index (κ1) is 26.6. The van der Waals surface area contributed by atoms with Crippen molar-refractivity contribution in [3.8, 4) is 5.75 Å². The number of rotatable bonds is 3. The number of piperidine rings is 1. The molecule has 1 aromatic carbocycles. The highest BCUT2D eigenvalue weighted by molar-refractivity contribution is 5.83. The summed E-state index contributed by atoms with van der Waals surface area (Å²) in [6.45, 7) is 1.39. The van der Waals surface area contributed by atoms with Gasteiger partial charge in [-0.2, -0.15) is 18.3 Å². The van der Waals surface area contributed by atoms with E-state index in [1.54, 1.807) is 4.90 Å². The average molecular weight is 533 g/mol. The van der Waals surface area contributed by atoms with Crippen LogP contribution in [0.15, 0.2) is 30.3 Å². The van der Waals surface area contributed by atoms with Gasteiger partial charge < -0.3 is 15.0 Å². The minimum atomic E-state index is -4.54. The number of benzene rings is 1. The third-order valence-corrected chi connectivity index (χ3v) is 8.16.